The molecule has 0 aliphatic carbocycles. The fourth-order valence-corrected chi connectivity index (χ4v) is 1.96. The maximum atomic E-state index is 11.7. The van der Waals surface area contributed by atoms with Crippen LogP contribution in [0.5, 0.6) is 0 Å². The summed E-state index contributed by atoms with van der Waals surface area (Å²) in [5.74, 6) is -1.37. The number of rotatable bonds is 5. The average molecular weight is 304 g/mol. The Morgan fingerprint density at radius 1 is 1.19 bits per heavy atom. The van der Waals surface area contributed by atoms with Crippen molar-refractivity contribution < 1.29 is 14.3 Å². The molecule has 4 nitrogen and oxygen atoms in total. The van der Waals surface area contributed by atoms with Crippen molar-refractivity contribution in [3.05, 3.63) is 53.2 Å². The van der Waals surface area contributed by atoms with E-state index in [0.29, 0.717) is 10.6 Å². The summed E-state index contributed by atoms with van der Waals surface area (Å²) < 4.78 is 4.69. The lowest BCUT2D eigenvalue weighted by molar-refractivity contribution is -0.153. The Morgan fingerprint density at radius 3 is 2.57 bits per heavy atom. The molecule has 1 heterocycles. The molecule has 2 aromatic rings. The van der Waals surface area contributed by atoms with E-state index in [1.54, 1.807) is 37.4 Å². The highest BCUT2D eigenvalue weighted by atomic mass is 35.5. The van der Waals surface area contributed by atoms with Crippen molar-refractivity contribution in [2.45, 2.75) is 13.3 Å². The molecule has 108 valence electrons. The molecule has 0 saturated carbocycles. The smallest absolute Gasteiger partial charge is 0.374 e. The van der Waals surface area contributed by atoms with Gasteiger partial charge in [0.05, 0.1) is 12.3 Å². The number of hydrogen-bond acceptors (Lipinski definition) is 4. The van der Waals surface area contributed by atoms with Crippen molar-refractivity contribution >= 4 is 23.4 Å². The lowest BCUT2D eigenvalue weighted by Crippen LogP contribution is -2.19. The molecule has 5 heteroatoms. The van der Waals surface area contributed by atoms with Crippen LogP contribution in [0.4, 0.5) is 0 Å². The Hall–Kier alpha value is -2.20. The summed E-state index contributed by atoms with van der Waals surface area (Å²) in [6.07, 6.45) is 1.61. The highest BCUT2D eigenvalue weighted by Crippen LogP contribution is 2.20. The van der Waals surface area contributed by atoms with Gasteiger partial charge in [-0.25, -0.2) is 4.79 Å². The van der Waals surface area contributed by atoms with Crippen molar-refractivity contribution in [2.75, 3.05) is 6.61 Å². The normalized spacial score (nSPS) is 10.2. The minimum Gasteiger partial charge on any atom is -0.460 e. The van der Waals surface area contributed by atoms with Gasteiger partial charge in [0.1, 0.15) is 0 Å². The van der Waals surface area contributed by atoms with Gasteiger partial charge in [-0.2, -0.15) is 0 Å². The van der Waals surface area contributed by atoms with E-state index in [0.717, 1.165) is 11.3 Å². The third-order valence-corrected chi connectivity index (χ3v) is 3.08. The Balaban J connectivity index is 2.16. The second kappa shape index (κ2) is 6.99. The van der Waals surface area contributed by atoms with Crippen LogP contribution < -0.4 is 0 Å². The number of ether oxygens (including phenoxy) is 1. The Labute approximate surface area is 127 Å². The summed E-state index contributed by atoms with van der Waals surface area (Å²) in [5.41, 5.74) is 2.33. The highest BCUT2D eigenvalue weighted by molar-refractivity contribution is 6.34. The van der Waals surface area contributed by atoms with Crippen molar-refractivity contribution in [3.63, 3.8) is 0 Å². The first-order valence-corrected chi connectivity index (χ1v) is 6.88. The zero-order valence-corrected chi connectivity index (χ0v) is 12.3. The summed E-state index contributed by atoms with van der Waals surface area (Å²) in [4.78, 5) is 27.3. The number of pyridine rings is 1. The second-order valence-electron chi connectivity index (χ2n) is 4.38. The zero-order valence-electron chi connectivity index (χ0n) is 11.5. The van der Waals surface area contributed by atoms with Crippen molar-refractivity contribution in [2.24, 2.45) is 0 Å². The number of carbonyl (C=O) groups is 2. The van der Waals surface area contributed by atoms with Crippen LogP contribution >= 0.6 is 11.6 Å². The molecule has 21 heavy (non-hydrogen) atoms. The van der Waals surface area contributed by atoms with Gasteiger partial charge in [0, 0.05) is 23.2 Å². The maximum Gasteiger partial charge on any atom is 0.374 e. The standard InChI is InChI=1S/C16H14ClNO3/c1-2-21-16(20)15(19)10-11-7-8-18-14(9-11)12-3-5-13(17)6-4-12/h3-9H,2,10H2,1H3. The fraction of sp³-hybridized carbons (Fsp3) is 0.188. The summed E-state index contributed by atoms with van der Waals surface area (Å²) in [7, 11) is 0. The number of hydrogen-bond donors (Lipinski definition) is 0. The van der Waals surface area contributed by atoms with Crippen molar-refractivity contribution in [1.29, 1.82) is 0 Å². The molecule has 0 radical (unpaired) electrons. The van der Waals surface area contributed by atoms with E-state index in [2.05, 4.69) is 9.72 Å². The molecule has 0 aliphatic heterocycles. The molecule has 0 saturated heterocycles. The minimum atomic E-state index is -0.803. The molecular weight excluding hydrogens is 290 g/mol. The number of halogens is 1. The van der Waals surface area contributed by atoms with Gasteiger partial charge < -0.3 is 4.74 Å². The molecule has 1 aromatic carbocycles. The van der Waals surface area contributed by atoms with Crippen LogP contribution in [0.1, 0.15) is 12.5 Å². The fourth-order valence-electron chi connectivity index (χ4n) is 1.83. The molecule has 0 N–H and O–H groups in total. The van der Waals surface area contributed by atoms with Gasteiger partial charge in [-0.15, -0.1) is 0 Å². The van der Waals surface area contributed by atoms with E-state index in [-0.39, 0.29) is 13.0 Å². The number of carbonyl (C=O) groups excluding carboxylic acids is 2. The van der Waals surface area contributed by atoms with E-state index in [1.807, 2.05) is 12.1 Å². The average Bonchev–Trinajstić information content (AvgIpc) is 2.48. The van der Waals surface area contributed by atoms with Gasteiger partial charge in [0.25, 0.3) is 0 Å². The van der Waals surface area contributed by atoms with Gasteiger partial charge in [-0.05, 0) is 36.8 Å². The van der Waals surface area contributed by atoms with Gasteiger partial charge >= 0.3 is 5.97 Å². The summed E-state index contributed by atoms with van der Waals surface area (Å²) in [6, 6.07) is 10.7. The predicted octanol–water partition coefficient (Wildman–Crippen LogP) is 3.08. The summed E-state index contributed by atoms with van der Waals surface area (Å²) in [5, 5.41) is 0.646. The zero-order chi connectivity index (χ0) is 15.2. The van der Waals surface area contributed by atoms with Crippen LogP contribution in [0.25, 0.3) is 11.3 Å². The SMILES string of the molecule is CCOC(=O)C(=O)Cc1ccnc(-c2ccc(Cl)cc2)c1. The third kappa shape index (κ3) is 4.13. The quantitative estimate of drug-likeness (QED) is 0.629. The van der Waals surface area contributed by atoms with Crippen molar-refractivity contribution in [1.82, 2.24) is 4.98 Å². The predicted molar refractivity (Wildman–Crippen MR) is 80.0 cm³/mol. The Kier molecular flexibility index (Phi) is 5.06. The first-order valence-electron chi connectivity index (χ1n) is 6.51. The van der Waals surface area contributed by atoms with E-state index in [4.69, 9.17) is 11.6 Å². The van der Waals surface area contributed by atoms with Crippen LogP contribution in [-0.4, -0.2) is 23.3 Å². The number of nitrogens with zero attached hydrogens (tertiary/aromatic N) is 1. The van der Waals surface area contributed by atoms with E-state index < -0.39 is 11.8 Å². The van der Waals surface area contributed by atoms with Gasteiger partial charge in [-0.3, -0.25) is 9.78 Å². The molecule has 0 unspecified atom stereocenters. The maximum absolute atomic E-state index is 11.7. The minimum absolute atomic E-state index is 0.00193. The number of benzene rings is 1. The van der Waals surface area contributed by atoms with Crippen LogP contribution in [0, 0.1) is 0 Å². The molecular formula is C16H14ClNO3. The Bertz CT molecular complexity index is 653. The monoisotopic (exact) mass is 303 g/mol. The molecule has 0 aliphatic rings. The van der Waals surface area contributed by atoms with Crippen molar-refractivity contribution in [3.8, 4) is 11.3 Å². The van der Waals surface area contributed by atoms with E-state index in [1.165, 1.54) is 0 Å². The lowest BCUT2D eigenvalue weighted by Gasteiger charge is -2.05. The number of Topliss-reactive ketones (excluding diaryl/α,β-unsaturated/α-hetero) is 1. The molecule has 0 atom stereocenters. The van der Waals surface area contributed by atoms with Gasteiger partial charge in [0.2, 0.25) is 5.78 Å². The van der Waals surface area contributed by atoms with Crippen LogP contribution in [0.2, 0.25) is 5.02 Å². The first kappa shape index (κ1) is 15.2. The number of esters is 1. The van der Waals surface area contributed by atoms with E-state index in [9.17, 15) is 9.59 Å². The molecule has 0 amide bonds. The Morgan fingerprint density at radius 2 is 1.90 bits per heavy atom. The molecule has 2 rings (SSSR count). The number of aromatic nitrogens is 1. The first-order chi connectivity index (χ1) is 10.1. The molecule has 1 aromatic heterocycles. The summed E-state index contributed by atoms with van der Waals surface area (Å²) >= 11 is 5.85. The van der Waals surface area contributed by atoms with Crippen LogP contribution in [0.3, 0.4) is 0 Å². The van der Waals surface area contributed by atoms with Gasteiger partial charge in [-0.1, -0.05) is 23.7 Å². The summed E-state index contributed by atoms with van der Waals surface area (Å²) in [6.45, 7) is 1.85. The third-order valence-electron chi connectivity index (χ3n) is 2.83. The molecule has 0 fully saturated rings. The topological polar surface area (TPSA) is 56.3 Å². The highest BCUT2D eigenvalue weighted by Gasteiger charge is 2.15. The van der Waals surface area contributed by atoms with Gasteiger partial charge in [0.15, 0.2) is 0 Å². The largest absolute Gasteiger partial charge is 0.460 e. The second-order valence-corrected chi connectivity index (χ2v) is 4.81. The van der Waals surface area contributed by atoms with E-state index >= 15 is 0 Å². The van der Waals surface area contributed by atoms with Crippen LogP contribution in [0.15, 0.2) is 42.6 Å². The number of ketones is 1. The van der Waals surface area contributed by atoms with Crippen LogP contribution in [-0.2, 0) is 20.7 Å². The lowest BCUT2D eigenvalue weighted by atomic mass is 10.1. The molecule has 0 bridgehead atoms. The molecule has 0 spiro atoms.